The lowest BCUT2D eigenvalue weighted by atomic mass is 10.1. The van der Waals surface area contributed by atoms with E-state index >= 15 is 0 Å². The number of alkyl carbamates (subject to hydrolysis) is 1. The molecule has 5 nitrogen and oxygen atoms in total. The second kappa shape index (κ2) is 15.8. The van der Waals surface area contributed by atoms with Crippen LogP contribution in [0.25, 0.3) is 0 Å². The number of rotatable bonds is 13. The van der Waals surface area contributed by atoms with Gasteiger partial charge in [0.05, 0.1) is 7.11 Å². The molecular formula is C25H43NO4. The van der Waals surface area contributed by atoms with Crippen molar-refractivity contribution in [2.45, 2.75) is 99.1 Å². The summed E-state index contributed by atoms with van der Waals surface area (Å²) in [5.74, 6) is -0.537. The van der Waals surface area contributed by atoms with Crippen molar-refractivity contribution in [1.29, 1.82) is 0 Å². The van der Waals surface area contributed by atoms with Gasteiger partial charge in [0, 0.05) is 0 Å². The van der Waals surface area contributed by atoms with Gasteiger partial charge in [0.2, 0.25) is 0 Å². The Morgan fingerprint density at radius 2 is 1.40 bits per heavy atom. The number of carbonyl (C=O) groups is 2. The Balaban J connectivity index is 4.24. The SMILES string of the molecule is COC(=O)C(NC(=O)OC(C)CCC=C(C)CCC=C(C)CCC=C(C)C)C(C)C. The average molecular weight is 422 g/mol. The topological polar surface area (TPSA) is 64.6 Å². The lowest BCUT2D eigenvalue weighted by Gasteiger charge is -2.21. The van der Waals surface area contributed by atoms with Gasteiger partial charge in [0.25, 0.3) is 0 Å². The molecule has 2 atom stereocenters. The molecule has 0 aromatic rings. The zero-order valence-corrected chi connectivity index (χ0v) is 20.3. The maximum Gasteiger partial charge on any atom is 0.408 e. The predicted molar refractivity (Wildman–Crippen MR) is 124 cm³/mol. The smallest absolute Gasteiger partial charge is 0.408 e. The highest BCUT2D eigenvalue weighted by Crippen LogP contribution is 2.13. The van der Waals surface area contributed by atoms with Gasteiger partial charge in [-0.05, 0) is 79.1 Å². The fraction of sp³-hybridized carbons (Fsp3) is 0.680. The van der Waals surface area contributed by atoms with E-state index in [4.69, 9.17) is 9.47 Å². The summed E-state index contributed by atoms with van der Waals surface area (Å²) in [6.07, 6.45) is 12.0. The summed E-state index contributed by atoms with van der Waals surface area (Å²) in [5.41, 5.74) is 4.17. The van der Waals surface area contributed by atoms with Crippen molar-refractivity contribution in [3.8, 4) is 0 Å². The number of hydrogen-bond donors (Lipinski definition) is 1. The van der Waals surface area contributed by atoms with Gasteiger partial charge in [-0.1, -0.05) is 48.8 Å². The van der Waals surface area contributed by atoms with Crippen LogP contribution in [0.2, 0.25) is 0 Å². The molecule has 0 bridgehead atoms. The van der Waals surface area contributed by atoms with Gasteiger partial charge >= 0.3 is 12.1 Å². The maximum atomic E-state index is 12.0. The number of esters is 1. The van der Waals surface area contributed by atoms with Crippen LogP contribution in [0.1, 0.15) is 87.0 Å². The number of amides is 1. The summed E-state index contributed by atoms with van der Waals surface area (Å²) in [7, 11) is 1.31. The highest BCUT2D eigenvalue weighted by atomic mass is 16.6. The molecule has 2 unspecified atom stereocenters. The molecule has 0 spiro atoms. The van der Waals surface area contributed by atoms with Crippen molar-refractivity contribution in [1.82, 2.24) is 5.32 Å². The van der Waals surface area contributed by atoms with E-state index in [0.717, 1.165) is 38.5 Å². The van der Waals surface area contributed by atoms with Crippen molar-refractivity contribution in [2.24, 2.45) is 5.92 Å². The Bertz CT molecular complexity index is 613. The Morgan fingerprint density at radius 3 is 1.90 bits per heavy atom. The van der Waals surface area contributed by atoms with E-state index < -0.39 is 18.1 Å². The number of hydrogen-bond acceptors (Lipinski definition) is 4. The maximum absolute atomic E-state index is 12.0. The second-order valence-electron chi connectivity index (χ2n) is 8.64. The van der Waals surface area contributed by atoms with Crippen molar-refractivity contribution >= 4 is 12.1 Å². The summed E-state index contributed by atoms with van der Waals surface area (Å²) >= 11 is 0. The van der Waals surface area contributed by atoms with Gasteiger partial charge in [-0.25, -0.2) is 9.59 Å². The monoisotopic (exact) mass is 421 g/mol. The van der Waals surface area contributed by atoms with Crippen molar-refractivity contribution in [3.63, 3.8) is 0 Å². The quantitative estimate of drug-likeness (QED) is 0.272. The van der Waals surface area contributed by atoms with Crippen molar-refractivity contribution in [3.05, 3.63) is 34.9 Å². The fourth-order valence-electron chi connectivity index (χ4n) is 2.93. The van der Waals surface area contributed by atoms with Crippen LogP contribution >= 0.6 is 0 Å². The molecule has 0 saturated heterocycles. The number of ether oxygens (including phenoxy) is 2. The molecule has 1 N–H and O–H groups in total. The molecule has 0 aromatic carbocycles. The molecular weight excluding hydrogens is 378 g/mol. The number of methoxy groups -OCH3 is 1. The summed E-state index contributed by atoms with van der Waals surface area (Å²) in [4.78, 5) is 23.8. The van der Waals surface area contributed by atoms with E-state index in [0.29, 0.717) is 0 Å². The number of nitrogens with one attached hydrogen (secondary N) is 1. The van der Waals surface area contributed by atoms with Crippen LogP contribution < -0.4 is 5.32 Å². The molecule has 0 aliphatic carbocycles. The molecule has 172 valence electrons. The molecule has 0 radical (unpaired) electrons. The summed E-state index contributed by atoms with van der Waals surface area (Å²) < 4.78 is 10.1. The average Bonchev–Trinajstić information content (AvgIpc) is 2.64. The van der Waals surface area contributed by atoms with Gasteiger partial charge in [-0.3, -0.25) is 0 Å². The first-order chi connectivity index (χ1) is 14.1. The van der Waals surface area contributed by atoms with Gasteiger partial charge < -0.3 is 14.8 Å². The van der Waals surface area contributed by atoms with Crippen LogP contribution in [0.3, 0.4) is 0 Å². The van der Waals surface area contributed by atoms with Crippen LogP contribution in [-0.4, -0.2) is 31.3 Å². The van der Waals surface area contributed by atoms with Gasteiger partial charge in [0.1, 0.15) is 12.1 Å². The zero-order valence-electron chi connectivity index (χ0n) is 20.3. The fourth-order valence-corrected chi connectivity index (χ4v) is 2.93. The van der Waals surface area contributed by atoms with E-state index in [9.17, 15) is 9.59 Å². The lowest BCUT2D eigenvalue weighted by molar-refractivity contribution is -0.144. The largest absolute Gasteiger partial charge is 0.467 e. The molecule has 0 aromatic heterocycles. The Morgan fingerprint density at radius 1 is 0.867 bits per heavy atom. The van der Waals surface area contributed by atoms with E-state index in [2.05, 4.69) is 51.2 Å². The first kappa shape index (κ1) is 28.0. The molecule has 0 aliphatic rings. The van der Waals surface area contributed by atoms with Crippen LogP contribution in [0.4, 0.5) is 4.79 Å². The standard InChI is InChI=1S/C25H43NO4/c1-18(2)12-9-13-20(5)14-10-15-21(6)16-11-17-22(7)30-25(28)26-23(19(3)4)24(27)29-8/h12,14,16,19,22-23H,9-11,13,15,17H2,1-8H3,(H,26,28). The molecule has 1 amide bonds. The van der Waals surface area contributed by atoms with E-state index in [1.807, 2.05) is 20.8 Å². The van der Waals surface area contributed by atoms with Crippen molar-refractivity contribution in [2.75, 3.05) is 7.11 Å². The highest BCUT2D eigenvalue weighted by molar-refractivity contribution is 5.81. The summed E-state index contributed by atoms with van der Waals surface area (Å²) in [6.45, 7) is 14.2. The van der Waals surface area contributed by atoms with Crippen molar-refractivity contribution < 1.29 is 19.1 Å². The molecule has 0 heterocycles. The third-order valence-electron chi connectivity index (χ3n) is 4.89. The summed E-state index contributed by atoms with van der Waals surface area (Å²) in [5, 5.41) is 2.60. The zero-order chi connectivity index (χ0) is 23.1. The number of allylic oxidation sites excluding steroid dienone is 6. The minimum absolute atomic E-state index is 0.0733. The van der Waals surface area contributed by atoms with Crippen LogP contribution in [0.15, 0.2) is 34.9 Å². The van der Waals surface area contributed by atoms with Gasteiger partial charge in [-0.2, -0.15) is 0 Å². The number of carbonyl (C=O) groups excluding carboxylic acids is 2. The van der Waals surface area contributed by atoms with Crippen LogP contribution in [-0.2, 0) is 14.3 Å². The minimum Gasteiger partial charge on any atom is -0.467 e. The molecule has 0 fully saturated rings. The van der Waals surface area contributed by atoms with Crippen LogP contribution in [0, 0.1) is 5.92 Å². The van der Waals surface area contributed by atoms with E-state index in [1.165, 1.54) is 23.8 Å². The molecule has 0 saturated carbocycles. The Hall–Kier alpha value is -2.04. The lowest BCUT2D eigenvalue weighted by Crippen LogP contribution is -2.45. The highest BCUT2D eigenvalue weighted by Gasteiger charge is 2.26. The summed E-state index contributed by atoms with van der Waals surface area (Å²) in [6, 6.07) is -0.699. The second-order valence-corrected chi connectivity index (χ2v) is 8.64. The van der Waals surface area contributed by atoms with E-state index in [-0.39, 0.29) is 12.0 Å². The first-order valence-corrected chi connectivity index (χ1v) is 11.1. The first-order valence-electron chi connectivity index (χ1n) is 11.1. The van der Waals surface area contributed by atoms with Gasteiger partial charge in [-0.15, -0.1) is 0 Å². The minimum atomic E-state index is -0.699. The molecule has 0 aliphatic heterocycles. The predicted octanol–water partition coefficient (Wildman–Crippen LogP) is 6.50. The Kier molecular flexibility index (Phi) is 14.7. The van der Waals surface area contributed by atoms with Crippen LogP contribution in [0.5, 0.6) is 0 Å². The molecule has 5 heteroatoms. The van der Waals surface area contributed by atoms with E-state index in [1.54, 1.807) is 0 Å². The Labute approximate surface area is 184 Å². The third kappa shape index (κ3) is 14.0. The normalized spacial score (nSPS) is 14.2. The van der Waals surface area contributed by atoms with Gasteiger partial charge in [0.15, 0.2) is 0 Å². The molecule has 30 heavy (non-hydrogen) atoms. The third-order valence-corrected chi connectivity index (χ3v) is 4.89. The molecule has 0 rings (SSSR count).